The molecule has 2 heterocycles. The second kappa shape index (κ2) is 10.3. The van der Waals surface area contributed by atoms with E-state index in [0.29, 0.717) is 25.3 Å². The van der Waals surface area contributed by atoms with E-state index in [4.69, 9.17) is 14.6 Å². The van der Waals surface area contributed by atoms with Gasteiger partial charge in [-0.15, -0.1) is 5.10 Å². The quantitative estimate of drug-likeness (QED) is 0.421. The van der Waals surface area contributed by atoms with Gasteiger partial charge in [0.2, 0.25) is 0 Å². The molecule has 10 nitrogen and oxygen atoms in total. The van der Waals surface area contributed by atoms with Gasteiger partial charge in [0.15, 0.2) is 8.03 Å². The molecule has 2 aromatic carbocycles. The number of ether oxygens (including phenoxy) is 2. The number of morpholine rings is 1. The van der Waals surface area contributed by atoms with E-state index in [2.05, 4.69) is 15.4 Å². The predicted molar refractivity (Wildman–Crippen MR) is 121 cm³/mol. The lowest BCUT2D eigenvalue weighted by Crippen LogP contribution is -2.46. The van der Waals surface area contributed by atoms with Crippen LogP contribution in [-0.4, -0.2) is 62.8 Å². The standard InChI is InChI=1S/C22H25N4O6P/c1-31-17-8-2-14(3-9-17)10-20(33(29)30)19-11-23-18(12-32-19)15-4-6-16(7-5-15)26-13-24-21(25-26)22(27)28/h2-9,13,18-20,23,33H,10-12H2,1H3,(H,27,28)(H,29,30)/t18-,19+,20?/m0/s1. The molecule has 1 aromatic heterocycles. The lowest BCUT2D eigenvalue weighted by molar-refractivity contribution is 0.000694. The summed E-state index contributed by atoms with van der Waals surface area (Å²) in [6.45, 7) is 0.819. The van der Waals surface area contributed by atoms with Gasteiger partial charge in [-0.05, 0) is 41.8 Å². The maximum atomic E-state index is 12.1. The molecular weight excluding hydrogens is 447 g/mol. The Balaban J connectivity index is 1.37. The van der Waals surface area contributed by atoms with Gasteiger partial charge in [-0.1, -0.05) is 24.3 Å². The number of aromatic carboxylic acids is 1. The molecular formula is C22H25N4O6P. The van der Waals surface area contributed by atoms with E-state index in [0.717, 1.165) is 16.9 Å². The third kappa shape index (κ3) is 5.48. The summed E-state index contributed by atoms with van der Waals surface area (Å²) < 4.78 is 24.7. The Morgan fingerprint density at radius 1 is 1.27 bits per heavy atom. The van der Waals surface area contributed by atoms with Crippen LogP contribution in [0.4, 0.5) is 0 Å². The molecule has 0 spiro atoms. The summed E-state index contributed by atoms with van der Waals surface area (Å²) in [5, 5.41) is 16.3. The van der Waals surface area contributed by atoms with Crippen molar-refractivity contribution in [1.82, 2.24) is 20.1 Å². The Kier molecular flexibility index (Phi) is 7.20. The van der Waals surface area contributed by atoms with Crippen molar-refractivity contribution in [2.24, 2.45) is 0 Å². The first-order valence-corrected chi connectivity index (χ1v) is 11.8. The number of nitrogens with one attached hydrogen (secondary N) is 1. The molecule has 0 saturated carbocycles. The second-order valence-corrected chi connectivity index (χ2v) is 9.16. The van der Waals surface area contributed by atoms with Crippen LogP contribution < -0.4 is 10.1 Å². The number of nitrogens with zero attached hydrogens (tertiary/aromatic N) is 3. The van der Waals surface area contributed by atoms with Crippen molar-refractivity contribution < 1.29 is 28.8 Å². The summed E-state index contributed by atoms with van der Waals surface area (Å²) in [6, 6.07) is 14.8. The zero-order chi connectivity index (χ0) is 23.4. The minimum absolute atomic E-state index is 0.0664. The highest BCUT2D eigenvalue weighted by Gasteiger charge is 2.32. The van der Waals surface area contributed by atoms with Gasteiger partial charge in [-0.2, -0.15) is 0 Å². The van der Waals surface area contributed by atoms with E-state index in [-0.39, 0.29) is 18.0 Å². The molecule has 1 fully saturated rings. The van der Waals surface area contributed by atoms with Crippen LogP contribution >= 0.6 is 8.03 Å². The molecule has 0 bridgehead atoms. The highest BCUT2D eigenvalue weighted by Crippen LogP contribution is 2.33. The maximum absolute atomic E-state index is 12.1. The first kappa shape index (κ1) is 23.1. The summed E-state index contributed by atoms with van der Waals surface area (Å²) >= 11 is 0. The minimum atomic E-state index is -2.81. The third-order valence-electron chi connectivity index (χ3n) is 5.67. The molecule has 3 N–H and O–H groups in total. The van der Waals surface area contributed by atoms with Crippen LogP contribution in [0.25, 0.3) is 5.69 Å². The lowest BCUT2D eigenvalue weighted by Gasteiger charge is -2.34. The second-order valence-electron chi connectivity index (χ2n) is 7.74. The topological polar surface area (TPSA) is 136 Å². The number of benzene rings is 2. The van der Waals surface area contributed by atoms with Crippen molar-refractivity contribution in [2.45, 2.75) is 24.2 Å². The number of hydrogen-bond donors (Lipinski definition) is 3. The average Bonchev–Trinajstić information content (AvgIpc) is 3.34. The van der Waals surface area contributed by atoms with Gasteiger partial charge in [-0.3, -0.25) is 4.57 Å². The monoisotopic (exact) mass is 472 g/mol. The van der Waals surface area contributed by atoms with E-state index in [9.17, 15) is 14.3 Å². The first-order valence-electron chi connectivity index (χ1n) is 10.4. The Hall–Kier alpha value is -3.04. The molecule has 1 aliphatic rings. The Labute approximate surface area is 191 Å². The minimum Gasteiger partial charge on any atom is -0.497 e. The fraction of sp³-hybridized carbons (Fsp3) is 0.318. The average molecular weight is 472 g/mol. The van der Waals surface area contributed by atoms with E-state index in [1.165, 1.54) is 11.0 Å². The fourth-order valence-electron chi connectivity index (χ4n) is 3.81. The zero-order valence-corrected chi connectivity index (χ0v) is 18.9. The van der Waals surface area contributed by atoms with Crippen LogP contribution in [0.5, 0.6) is 5.75 Å². The van der Waals surface area contributed by atoms with Crippen LogP contribution in [-0.2, 0) is 15.7 Å². The summed E-state index contributed by atoms with van der Waals surface area (Å²) in [4.78, 5) is 24.7. The van der Waals surface area contributed by atoms with Crippen molar-refractivity contribution in [3.63, 3.8) is 0 Å². The SMILES string of the molecule is COc1ccc(CC([C@H]2CN[C@H](c3ccc(-n4cnc(C(=O)O)n4)cc3)CO2)[PH](=O)O)cc1. The number of rotatable bonds is 8. The van der Waals surface area contributed by atoms with Crippen LogP contribution in [0, 0.1) is 0 Å². The van der Waals surface area contributed by atoms with Crippen LogP contribution in [0.2, 0.25) is 0 Å². The van der Waals surface area contributed by atoms with Crippen LogP contribution in [0.15, 0.2) is 54.9 Å². The molecule has 11 heteroatoms. The van der Waals surface area contributed by atoms with Gasteiger partial charge >= 0.3 is 5.97 Å². The fourth-order valence-corrected chi connectivity index (χ4v) is 4.75. The number of carboxylic acids is 1. The molecule has 2 unspecified atom stereocenters. The number of hydrogen-bond acceptors (Lipinski definition) is 7. The van der Waals surface area contributed by atoms with E-state index >= 15 is 0 Å². The highest BCUT2D eigenvalue weighted by molar-refractivity contribution is 7.39. The molecule has 174 valence electrons. The van der Waals surface area contributed by atoms with Crippen molar-refractivity contribution in [3.05, 3.63) is 71.8 Å². The largest absolute Gasteiger partial charge is 0.497 e. The van der Waals surface area contributed by atoms with E-state index in [1.807, 2.05) is 48.5 Å². The first-order chi connectivity index (χ1) is 15.9. The van der Waals surface area contributed by atoms with Gasteiger partial charge in [-0.25, -0.2) is 14.5 Å². The zero-order valence-electron chi connectivity index (χ0n) is 17.9. The summed E-state index contributed by atoms with van der Waals surface area (Å²) in [5.41, 5.74) is 2.13. The van der Waals surface area contributed by atoms with Gasteiger partial charge in [0.25, 0.3) is 5.82 Å². The van der Waals surface area contributed by atoms with E-state index in [1.54, 1.807) is 7.11 Å². The van der Waals surface area contributed by atoms with Crippen molar-refractivity contribution in [1.29, 1.82) is 0 Å². The molecule has 33 heavy (non-hydrogen) atoms. The number of carboxylic acid groups (broad SMARTS) is 1. The molecule has 4 atom stereocenters. The van der Waals surface area contributed by atoms with Crippen molar-refractivity contribution in [3.8, 4) is 11.4 Å². The molecule has 0 amide bonds. The van der Waals surface area contributed by atoms with Crippen LogP contribution in [0.1, 0.15) is 27.8 Å². The Morgan fingerprint density at radius 3 is 2.55 bits per heavy atom. The van der Waals surface area contributed by atoms with Crippen LogP contribution in [0.3, 0.4) is 0 Å². The van der Waals surface area contributed by atoms with Gasteiger partial charge in [0.1, 0.15) is 12.1 Å². The molecule has 1 aliphatic heterocycles. The smallest absolute Gasteiger partial charge is 0.375 e. The van der Waals surface area contributed by atoms with Gasteiger partial charge in [0, 0.05) is 6.54 Å². The molecule has 1 saturated heterocycles. The van der Waals surface area contributed by atoms with E-state index < -0.39 is 19.7 Å². The highest BCUT2D eigenvalue weighted by atomic mass is 31.1. The molecule has 3 aromatic rings. The Morgan fingerprint density at radius 2 is 2.00 bits per heavy atom. The van der Waals surface area contributed by atoms with Crippen molar-refractivity contribution in [2.75, 3.05) is 20.3 Å². The van der Waals surface area contributed by atoms with Gasteiger partial charge < -0.3 is 24.8 Å². The summed E-state index contributed by atoms with van der Waals surface area (Å²) in [5.74, 6) is -0.707. The normalized spacial score (nSPS) is 20.2. The molecule has 0 radical (unpaired) electrons. The number of carbonyl (C=O) groups is 1. The number of methoxy groups -OCH3 is 1. The van der Waals surface area contributed by atoms with Gasteiger partial charge in [0.05, 0.1) is 37.2 Å². The summed E-state index contributed by atoms with van der Waals surface area (Å²) in [7, 11) is -1.21. The molecule has 4 rings (SSSR count). The Bertz CT molecular complexity index is 1110. The molecule has 0 aliphatic carbocycles. The van der Waals surface area contributed by atoms with Crippen molar-refractivity contribution >= 4 is 14.0 Å². The maximum Gasteiger partial charge on any atom is 0.375 e. The lowest BCUT2D eigenvalue weighted by atomic mass is 10.0. The third-order valence-corrected chi connectivity index (χ3v) is 6.88. The predicted octanol–water partition coefficient (Wildman–Crippen LogP) is 2.08. The summed E-state index contributed by atoms with van der Waals surface area (Å²) in [6.07, 6.45) is 1.43. The number of aromatic nitrogens is 3.